The van der Waals surface area contributed by atoms with Crippen LogP contribution in [-0.4, -0.2) is 41.5 Å². The Morgan fingerprint density at radius 1 is 0.667 bits per heavy atom. The SMILES string of the molecule is CCCCCCCCCCCCCCCCCC1=[N+](CC)CCN1CC.[Cl-]. The molecule has 0 unspecified atom stereocenters. The molecule has 3 heteroatoms. The van der Waals surface area contributed by atoms with E-state index < -0.39 is 0 Å². The summed E-state index contributed by atoms with van der Waals surface area (Å²) in [4.78, 5) is 2.59. The number of likely N-dealkylation sites (N-methyl/N-ethyl adjacent to an activating group) is 2. The highest BCUT2D eigenvalue weighted by Crippen LogP contribution is 2.15. The molecular weight excluding hydrogens is 352 g/mol. The largest absolute Gasteiger partial charge is 1.00 e. The van der Waals surface area contributed by atoms with E-state index in [0.29, 0.717) is 0 Å². The first kappa shape index (κ1) is 26.8. The molecule has 2 nitrogen and oxygen atoms in total. The van der Waals surface area contributed by atoms with E-state index in [1.165, 1.54) is 129 Å². The summed E-state index contributed by atoms with van der Waals surface area (Å²) < 4.78 is 2.59. The second kappa shape index (κ2) is 19.1. The minimum absolute atomic E-state index is 0. The predicted molar refractivity (Wildman–Crippen MR) is 117 cm³/mol. The van der Waals surface area contributed by atoms with Crippen molar-refractivity contribution in [3.05, 3.63) is 0 Å². The van der Waals surface area contributed by atoms with Gasteiger partial charge >= 0.3 is 0 Å². The summed E-state index contributed by atoms with van der Waals surface area (Å²) in [7, 11) is 0. The van der Waals surface area contributed by atoms with E-state index in [0.717, 1.165) is 0 Å². The Labute approximate surface area is 177 Å². The third kappa shape index (κ3) is 12.8. The van der Waals surface area contributed by atoms with Gasteiger partial charge in [-0.2, -0.15) is 0 Å². The highest BCUT2D eigenvalue weighted by molar-refractivity contribution is 5.78. The molecule has 1 heterocycles. The molecule has 0 aromatic rings. The summed E-state index contributed by atoms with van der Waals surface area (Å²) in [6.45, 7) is 11.8. The zero-order valence-corrected chi connectivity index (χ0v) is 19.7. The second-order valence-corrected chi connectivity index (χ2v) is 8.28. The monoisotopic (exact) mass is 400 g/mol. The molecule has 1 rings (SSSR count). The molecule has 0 spiro atoms. The van der Waals surface area contributed by atoms with Gasteiger partial charge in [0.2, 0.25) is 5.84 Å². The summed E-state index contributed by atoms with van der Waals surface area (Å²) in [6.07, 6.45) is 23.1. The first-order valence-electron chi connectivity index (χ1n) is 12.2. The van der Waals surface area contributed by atoms with Crippen LogP contribution in [0.4, 0.5) is 0 Å². The first-order valence-corrected chi connectivity index (χ1v) is 12.2. The van der Waals surface area contributed by atoms with Crippen LogP contribution in [0.25, 0.3) is 0 Å². The van der Waals surface area contributed by atoms with Gasteiger partial charge in [0.05, 0.1) is 13.1 Å². The van der Waals surface area contributed by atoms with E-state index in [4.69, 9.17) is 0 Å². The molecule has 0 bridgehead atoms. The third-order valence-corrected chi connectivity index (χ3v) is 6.14. The van der Waals surface area contributed by atoms with Crippen molar-refractivity contribution in [2.45, 2.75) is 124 Å². The lowest BCUT2D eigenvalue weighted by Crippen LogP contribution is -3.00. The summed E-state index contributed by atoms with van der Waals surface area (Å²) in [5, 5.41) is 0. The fourth-order valence-electron chi connectivity index (χ4n) is 4.35. The smallest absolute Gasteiger partial charge is 0.247 e. The van der Waals surface area contributed by atoms with Gasteiger partial charge in [0, 0.05) is 6.42 Å². The van der Waals surface area contributed by atoms with Crippen LogP contribution < -0.4 is 12.4 Å². The molecule has 0 saturated carbocycles. The molecule has 0 aliphatic carbocycles. The zero-order chi connectivity index (χ0) is 18.9. The highest BCUT2D eigenvalue weighted by Gasteiger charge is 2.27. The maximum Gasteiger partial charge on any atom is 0.247 e. The molecule has 1 aliphatic heterocycles. The van der Waals surface area contributed by atoms with Gasteiger partial charge in [0.25, 0.3) is 0 Å². The highest BCUT2D eigenvalue weighted by atomic mass is 35.5. The number of hydrogen-bond donors (Lipinski definition) is 0. The molecule has 0 amide bonds. The molecule has 162 valence electrons. The molecule has 0 N–H and O–H groups in total. The summed E-state index contributed by atoms with van der Waals surface area (Å²) in [5.74, 6) is 1.63. The van der Waals surface area contributed by atoms with E-state index in [1.54, 1.807) is 5.84 Å². The number of halogens is 1. The van der Waals surface area contributed by atoms with Crippen molar-refractivity contribution in [1.29, 1.82) is 0 Å². The molecule has 1 aliphatic rings. The van der Waals surface area contributed by atoms with Crippen molar-refractivity contribution in [3.8, 4) is 0 Å². The minimum Gasteiger partial charge on any atom is -1.00 e. The fourth-order valence-corrected chi connectivity index (χ4v) is 4.35. The van der Waals surface area contributed by atoms with Crippen molar-refractivity contribution in [1.82, 2.24) is 4.90 Å². The summed E-state index contributed by atoms with van der Waals surface area (Å²) >= 11 is 0. The van der Waals surface area contributed by atoms with Crippen molar-refractivity contribution < 1.29 is 17.0 Å². The van der Waals surface area contributed by atoms with Gasteiger partial charge in [-0.15, -0.1) is 0 Å². The van der Waals surface area contributed by atoms with Gasteiger partial charge in [0.1, 0.15) is 13.1 Å². The molecule has 27 heavy (non-hydrogen) atoms. The fraction of sp³-hybridized carbons (Fsp3) is 0.958. The van der Waals surface area contributed by atoms with Crippen molar-refractivity contribution in [3.63, 3.8) is 0 Å². The lowest BCUT2D eigenvalue weighted by molar-refractivity contribution is -0.515. The lowest BCUT2D eigenvalue weighted by atomic mass is 10.0. The topological polar surface area (TPSA) is 6.25 Å². The van der Waals surface area contributed by atoms with Crippen LogP contribution in [0.5, 0.6) is 0 Å². The Morgan fingerprint density at radius 3 is 1.52 bits per heavy atom. The number of amidine groups is 1. The average Bonchev–Trinajstić information content (AvgIpc) is 3.06. The van der Waals surface area contributed by atoms with Crippen LogP contribution in [0, 0.1) is 0 Å². The Kier molecular flexibility index (Phi) is 18.9. The molecule has 0 saturated heterocycles. The zero-order valence-electron chi connectivity index (χ0n) is 18.9. The summed E-state index contributed by atoms with van der Waals surface area (Å²) in [6, 6.07) is 0. The molecular formula is C24H49ClN2. The predicted octanol–water partition coefficient (Wildman–Crippen LogP) is 4.02. The number of unbranched alkanes of at least 4 members (excludes halogenated alkanes) is 14. The summed E-state index contributed by atoms with van der Waals surface area (Å²) in [5.41, 5.74) is 0. The van der Waals surface area contributed by atoms with Crippen LogP contribution >= 0.6 is 0 Å². The van der Waals surface area contributed by atoms with Gasteiger partial charge in [-0.25, -0.2) is 0 Å². The molecule has 0 aromatic heterocycles. The van der Waals surface area contributed by atoms with E-state index in [2.05, 4.69) is 30.2 Å². The first-order chi connectivity index (χ1) is 12.8. The van der Waals surface area contributed by atoms with Crippen LogP contribution in [0.1, 0.15) is 124 Å². The van der Waals surface area contributed by atoms with Crippen LogP contribution in [0.15, 0.2) is 0 Å². The van der Waals surface area contributed by atoms with Gasteiger partial charge in [-0.1, -0.05) is 96.8 Å². The molecule has 0 atom stereocenters. The van der Waals surface area contributed by atoms with Crippen molar-refractivity contribution in [2.24, 2.45) is 0 Å². The second-order valence-electron chi connectivity index (χ2n) is 8.28. The van der Waals surface area contributed by atoms with Gasteiger partial charge < -0.3 is 12.4 Å². The Bertz CT molecular complexity index is 354. The Morgan fingerprint density at radius 2 is 1.11 bits per heavy atom. The van der Waals surface area contributed by atoms with E-state index in [-0.39, 0.29) is 12.4 Å². The van der Waals surface area contributed by atoms with Crippen LogP contribution in [0.3, 0.4) is 0 Å². The number of hydrogen-bond acceptors (Lipinski definition) is 1. The third-order valence-electron chi connectivity index (χ3n) is 6.14. The van der Waals surface area contributed by atoms with Gasteiger partial charge in [0.15, 0.2) is 0 Å². The lowest BCUT2D eigenvalue weighted by Gasteiger charge is -2.11. The van der Waals surface area contributed by atoms with E-state index >= 15 is 0 Å². The van der Waals surface area contributed by atoms with Gasteiger partial charge in [-0.05, 0) is 20.3 Å². The van der Waals surface area contributed by atoms with Crippen LogP contribution in [-0.2, 0) is 0 Å². The standard InChI is InChI=1S/C24H49N2.ClH/c1-4-7-8-9-10-11-12-13-14-15-16-17-18-19-20-21-24-25(5-2)22-23-26(24)6-3;/h4-23H2,1-3H3;1H/q+1;/p-1. The maximum atomic E-state index is 2.59. The Balaban J connectivity index is 0.00000676. The molecule has 0 aromatic carbocycles. The quantitative estimate of drug-likeness (QED) is 0.249. The molecule has 0 fully saturated rings. The van der Waals surface area contributed by atoms with Crippen molar-refractivity contribution in [2.75, 3.05) is 26.2 Å². The van der Waals surface area contributed by atoms with E-state index in [1.807, 2.05) is 0 Å². The average molecular weight is 401 g/mol. The Hall–Kier alpha value is -0.240. The van der Waals surface area contributed by atoms with E-state index in [9.17, 15) is 0 Å². The number of nitrogens with zero attached hydrogens (tertiary/aromatic N) is 2. The van der Waals surface area contributed by atoms with Crippen LogP contribution in [0.2, 0.25) is 0 Å². The minimum atomic E-state index is 0. The van der Waals surface area contributed by atoms with Crippen molar-refractivity contribution >= 4 is 5.84 Å². The van der Waals surface area contributed by atoms with Gasteiger partial charge in [-0.3, -0.25) is 9.48 Å². The normalized spacial score (nSPS) is 14.1. The maximum absolute atomic E-state index is 2.59. The molecule has 0 radical (unpaired) electrons. The number of rotatable bonds is 18.